The number of ether oxygens (including phenoxy) is 2. The van der Waals surface area contributed by atoms with Crippen molar-refractivity contribution < 1.29 is 32.2 Å². The van der Waals surface area contributed by atoms with Crippen LogP contribution in [0.2, 0.25) is 0 Å². The van der Waals surface area contributed by atoms with Crippen molar-refractivity contribution in [2.75, 3.05) is 6.61 Å². The zero-order chi connectivity index (χ0) is 24.0. The van der Waals surface area contributed by atoms with Crippen molar-refractivity contribution in [2.24, 2.45) is 0 Å². The van der Waals surface area contributed by atoms with Gasteiger partial charge in [-0.25, -0.2) is 22.8 Å². The third-order valence-electron chi connectivity index (χ3n) is 4.86. The first kappa shape index (κ1) is 23.8. The monoisotopic (exact) mass is 454 g/mol. The van der Waals surface area contributed by atoms with E-state index in [4.69, 9.17) is 4.74 Å². The van der Waals surface area contributed by atoms with Gasteiger partial charge in [-0.2, -0.15) is 0 Å². The topological polar surface area (TPSA) is 52.6 Å². The van der Waals surface area contributed by atoms with Crippen molar-refractivity contribution in [1.29, 1.82) is 0 Å². The molecule has 7 heteroatoms. The second-order valence-electron chi connectivity index (χ2n) is 6.94. The van der Waals surface area contributed by atoms with Gasteiger partial charge in [0.2, 0.25) is 0 Å². The Hall–Kier alpha value is -3.87. The van der Waals surface area contributed by atoms with Crippen LogP contribution in [0.15, 0.2) is 72.8 Å². The molecule has 4 nitrogen and oxygen atoms in total. The molecule has 3 aromatic rings. The number of esters is 2. The minimum Gasteiger partial charge on any atom is -0.462 e. The van der Waals surface area contributed by atoms with Crippen LogP contribution in [0.5, 0.6) is 0 Å². The lowest BCUT2D eigenvalue weighted by molar-refractivity contribution is -0.140. The molecule has 0 aliphatic heterocycles. The fourth-order valence-corrected chi connectivity index (χ4v) is 3.32. The van der Waals surface area contributed by atoms with Crippen LogP contribution < -0.4 is 0 Å². The smallest absolute Gasteiger partial charge is 0.341 e. The highest BCUT2D eigenvalue weighted by Crippen LogP contribution is 2.32. The molecule has 0 amide bonds. The van der Waals surface area contributed by atoms with Gasteiger partial charge in [0.25, 0.3) is 0 Å². The van der Waals surface area contributed by atoms with E-state index in [0.717, 1.165) is 6.08 Å². The van der Waals surface area contributed by atoms with E-state index in [0.29, 0.717) is 17.2 Å². The highest BCUT2D eigenvalue weighted by atomic mass is 19.2. The fraction of sp³-hybridized carbons (Fsp3) is 0.154. The van der Waals surface area contributed by atoms with Crippen LogP contribution in [0, 0.1) is 17.5 Å². The van der Waals surface area contributed by atoms with Gasteiger partial charge in [-0.15, -0.1) is 0 Å². The first-order chi connectivity index (χ1) is 15.9. The van der Waals surface area contributed by atoms with E-state index in [1.807, 2.05) is 0 Å². The molecule has 33 heavy (non-hydrogen) atoms. The Morgan fingerprint density at radius 3 is 1.94 bits per heavy atom. The Labute approximate surface area is 189 Å². The van der Waals surface area contributed by atoms with Gasteiger partial charge in [0, 0.05) is 0 Å². The normalized spacial score (nSPS) is 11.4. The van der Waals surface area contributed by atoms with E-state index in [1.165, 1.54) is 13.8 Å². The Morgan fingerprint density at radius 2 is 1.45 bits per heavy atom. The van der Waals surface area contributed by atoms with Gasteiger partial charge in [-0.05, 0) is 31.0 Å². The molecule has 0 bridgehead atoms. The van der Waals surface area contributed by atoms with E-state index in [-0.39, 0.29) is 6.61 Å². The minimum atomic E-state index is -1.68. The van der Waals surface area contributed by atoms with Crippen LogP contribution in [0.3, 0.4) is 0 Å². The molecular formula is C26H21F3O4. The summed E-state index contributed by atoms with van der Waals surface area (Å²) in [5, 5.41) is 0. The van der Waals surface area contributed by atoms with Crippen LogP contribution >= 0.6 is 0 Å². The Bertz CT molecular complexity index is 1140. The molecule has 0 radical (unpaired) electrons. The standard InChI is InChI=1S/C26H21F3O4/c1-3-18(21-20(27)15-19(22(28)23(21)29)25(30)32-4-2)26(31)33-24(16-11-7-5-8-12-16)17-13-9-6-10-14-17/h3,5-15,24H,4H2,1-2H3. The zero-order valence-electron chi connectivity index (χ0n) is 18.0. The first-order valence-corrected chi connectivity index (χ1v) is 10.2. The zero-order valence-corrected chi connectivity index (χ0v) is 18.0. The van der Waals surface area contributed by atoms with Gasteiger partial charge in [0.05, 0.1) is 17.7 Å². The maximum atomic E-state index is 14.8. The van der Waals surface area contributed by atoms with Crippen LogP contribution in [-0.4, -0.2) is 18.5 Å². The summed E-state index contributed by atoms with van der Waals surface area (Å²) in [5.74, 6) is -6.86. The highest BCUT2D eigenvalue weighted by molar-refractivity contribution is 6.16. The number of benzene rings is 3. The average Bonchev–Trinajstić information content (AvgIpc) is 2.83. The summed E-state index contributed by atoms with van der Waals surface area (Å²) in [6.07, 6.45) is 0.255. The molecule has 0 spiro atoms. The van der Waals surface area contributed by atoms with Gasteiger partial charge < -0.3 is 9.47 Å². The number of carbonyl (C=O) groups is 2. The summed E-state index contributed by atoms with van der Waals surface area (Å²) < 4.78 is 54.5. The molecule has 0 aliphatic rings. The quantitative estimate of drug-likeness (QED) is 0.249. The van der Waals surface area contributed by atoms with Crippen molar-refractivity contribution in [1.82, 2.24) is 0 Å². The highest BCUT2D eigenvalue weighted by Gasteiger charge is 2.30. The van der Waals surface area contributed by atoms with Gasteiger partial charge in [0.15, 0.2) is 17.7 Å². The summed E-state index contributed by atoms with van der Waals surface area (Å²) in [5.41, 5.74) is -1.07. The van der Waals surface area contributed by atoms with Crippen molar-refractivity contribution in [2.45, 2.75) is 20.0 Å². The molecule has 0 aromatic heterocycles. The lowest BCUT2D eigenvalue weighted by atomic mass is 9.99. The Balaban J connectivity index is 2.00. The van der Waals surface area contributed by atoms with Crippen molar-refractivity contribution in [3.05, 3.63) is 113 Å². The maximum absolute atomic E-state index is 14.8. The van der Waals surface area contributed by atoms with Crippen molar-refractivity contribution in [3.8, 4) is 0 Å². The summed E-state index contributed by atoms with van der Waals surface area (Å²) >= 11 is 0. The maximum Gasteiger partial charge on any atom is 0.341 e. The summed E-state index contributed by atoms with van der Waals surface area (Å²) in [6, 6.07) is 18.1. The molecule has 0 heterocycles. The second-order valence-corrected chi connectivity index (χ2v) is 6.94. The summed E-state index contributed by atoms with van der Waals surface area (Å²) in [4.78, 5) is 24.8. The number of carbonyl (C=O) groups excluding carboxylic acids is 2. The van der Waals surface area contributed by atoms with Gasteiger partial charge in [0.1, 0.15) is 11.4 Å². The molecule has 0 unspecified atom stereocenters. The van der Waals surface area contributed by atoms with E-state index in [9.17, 15) is 22.8 Å². The number of allylic oxidation sites excluding steroid dienone is 1. The molecule has 0 N–H and O–H groups in total. The molecular weight excluding hydrogens is 433 g/mol. The van der Waals surface area contributed by atoms with Crippen LogP contribution in [0.1, 0.15) is 47.0 Å². The molecule has 0 fully saturated rings. The first-order valence-electron chi connectivity index (χ1n) is 10.2. The third kappa shape index (κ3) is 5.14. The van der Waals surface area contributed by atoms with E-state index in [1.54, 1.807) is 60.7 Å². The molecule has 0 aliphatic carbocycles. The van der Waals surface area contributed by atoms with Crippen LogP contribution in [0.25, 0.3) is 5.57 Å². The molecule has 0 saturated carbocycles. The predicted octanol–water partition coefficient (Wildman–Crippen LogP) is 6.02. The van der Waals surface area contributed by atoms with E-state index >= 15 is 0 Å². The Morgan fingerprint density at radius 1 is 0.909 bits per heavy atom. The SMILES string of the molecule is CC=C(C(=O)OC(c1ccccc1)c1ccccc1)c1c(F)cc(C(=O)OCC)c(F)c1F. The predicted molar refractivity (Wildman–Crippen MR) is 117 cm³/mol. The lowest BCUT2D eigenvalue weighted by Gasteiger charge is -2.20. The number of halogens is 3. The molecule has 0 atom stereocenters. The largest absolute Gasteiger partial charge is 0.462 e. The average molecular weight is 454 g/mol. The molecule has 3 aromatic carbocycles. The minimum absolute atomic E-state index is 0.101. The molecule has 3 rings (SSSR count). The van der Waals surface area contributed by atoms with E-state index in [2.05, 4.69) is 4.74 Å². The van der Waals surface area contributed by atoms with Crippen molar-refractivity contribution >= 4 is 17.5 Å². The van der Waals surface area contributed by atoms with Crippen molar-refractivity contribution in [3.63, 3.8) is 0 Å². The number of hydrogen-bond donors (Lipinski definition) is 0. The fourth-order valence-electron chi connectivity index (χ4n) is 3.32. The Kier molecular flexibility index (Phi) is 7.66. The lowest BCUT2D eigenvalue weighted by Crippen LogP contribution is -2.17. The van der Waals surface area contributed by atoms with Gasteiger partial charge in [-0.1, -0.05) is 66.7 Å². The van der Waals surface area contributed by atoms with Crippen LogP contribution in [-0.2, 0) is 14.3 Å². The molecule has 0 saturated heterocycles. The van der Waals surface area contributed by atoms with Gasteiger partial charge in [-0.3, -0.25) is 0 Å². The van der Waals surface area contributed by atoms with Gasteiger partial charge >= 0.3 is 11.9 Å². The van der Waals surface area contributed by atoms with E-state index < -0.39 is 52.2 Å². The summed E-state index contributed by atoms with van der Waals surface area (Å²) in [7, 11) is 0. The second kappa shape index (κ2) is 10.6. The third-order valence-corrected chi connectivity index (χ3v) is 4.86. The number of hydrogen-bond acceptors (Lipinski definition) is 4. The molecule has 170 valence electrons. The number of rotatable bonds is 7. The summed E-state index contributed by atoms with van der Waals surface area (Å²) in [6.45, 7) is 2.74. The van der Waals surface area contributed by atoms with Crippen LogP contribution in [0.4, 0.5) is 13.2 Å².